The van der Waals surface area contributed by atoms with Crippen molar-refractivity contribution in [3.8, 4) is 0 Å². The molecule has 3 heteroatoms. The number of hydrogen-bond donors (Lipinski definition) is 1. The largest absolute Gasteiger partial charge is 0.373 e. The SMILES string of the molecule is C[C@@H]1CN(CC2CCCN2)C[C@H](C)O1. The Labute approximate surface area is 86.8 Å². The Morgan fingerprint density at radius 2 is 2.00 bits per heavy atom. The lowest BCUT2D eigenvalue weighted by atomic mass is 10.1. The van der Waals surface area contributed by atoms with Crippen LogP contribution < -0.4 is 5.32 Å². The predicted octanol–water partition coefficient (Wildman–Crippen LogP) is 0.848. The predicted molar refractivity (Wildman–Crippen MR) is 57.5 cm³/mol. The number of ether oxygens (including phenoxy) is 1. The second-order valence-corrected chi connectivity index (χ2v) is 4.77. The summed E-state index contributed by atoms with van der Waals surface area (Å²) in [6.07, 6.45) is 3.50. The lowest BCUT2D eigenvalue weighted by molar-refractivity contribution is -0.0694. The Morgan fingerprint density at radius 1 is 1.29 bits per heavy atom. The van der Waals surface area contributed by atoms with Gasteiger partial charge in [0.15, 0.2) is 0 Å². The molecule has 0 amide bonds. The number of nitrogens with zero attached hydrogens (tertiary/aromatic N) is 1. The first kappa shape index (κ1) is 10.4. The van der Waals surface area contributed by atoms with Crippen LogP contribution in [0.25, 0.3) is 0 Å². The van der Waals surface area contributed by atoms with Gasteiger partial charge >= 0.3 is 0 Å². The molecule has 1 unspecified atom stereocenters. The van der Waals surface area contributed by atoms with Crippen LogP contribution in [-0.2, 0) is 4.74 Å². The van der Waals surface area contributed by atoms with Crippen molar-refractivity contribution in [2.75, 3.05) is 26.2 Å². The van der Waals surface area contributed by atoms with Crippen LogP contribution in [0, 0.1) is 0 Å². The van der Waals surface area contributed by atoms with Gasteiger partial charge in [-0.25, -0.2) is 0 Å². The van der Waals surface area contributed by atoms with E-state index in [2.05, 4.69) is 24.1 Å². The summed E-state index contributed by atoms with van der Waals surface area (Å²) in [5.41, 5.74) is 0. The van der Waals surface area contributed by atoms with Gasteiger partial charge in [-0.05, 0) is 33.2 Å². The minimum Gasteiger partial charge on any atom is -0.373 e. The fourth-order valence-corrected chi connectivity index (χ4v) is 2.66. The molecule has 0 aromatic heterocycles. The van der Waals surface area contributed by atoms with Crippen LogP contribution in [0.5, 0.6) is 0 Å². The number of hydrogen-bond acceptors (Lipinski definition) is 3. The molecule has 2 heterocycles. The smallest absolute Gasteiger partial charge is 0.0678 e. The van der Waals surface area contributed by atoms with Gasteiger partial charge in [0, 0.05) is 25.7 Å². The lowest BCUT2D eigenvalue weighted by Crippen LogP contribution is -2.49. The fourth-order valence-electron chi connectivity index (χ4n) is 2.66. The normalized spacial score (nSPS) is 40.3. The van der Waals surface area contributed by atoms with Gasteiger partial charge in [0.2, 0.25) is 0 Å². The Kier molecular flexibility index (Phi) is 3.42. The van der Waals surface area contributed by atoms with Crippen LogP contribution in [0.2, 0.25) is 0 Å². The van der Waals surface area contributed by atoms with Crippen molar-refractivity contribution in [3.63, 3.8) is 0 Å². The molecule has 0 bridgehead atoms. The number of nitrogens with one attached hydrogen (secondary N) is 1. The average molecular weight is 198 g/mol. The Balaban J connectivity index is 1.78. The molecule has 2 saturated heterocycles. The maximum Gasteiger partial charge on any atom is 0.0678 e. The van der Waals surface area contributed by atoms with E-state index in [1.54, 1.807) is 0 Å². The summed E-state index contributed by atoms with van der Waals surface area (Å²) in [6.45, 7) is 8.96. The zero-order valence-corrected chi connectivity index (χ0v) is 9.33. The molecule has 3 nitrogen and oxygen atoms in total. The van der Waals surface area contributed by atoms with Crippen LogP contribution >= 0.6 is 0 Å². The van der Waals surface area contributed by atoms with Crippen LogP contribution in [-0.4, -0.2) is 49.3 Å². The first-order valence-corrected chi connectivity index (χ1v) is 5.85. The highest BCUT2D eigenvalue weighted by molar-refractivity contribution is 4.81. The Hall–Kier alpha value is -0.120. The fraction of sp³-hybridized carbons (Fsp3) is 1.00. The van der Waals surface area contributed by atoms with Gasteiger partial charge in [0.1, 0.15) is 0 Å². The standard InChI is InChI=1S/C11H22N2O/c1-9-6-13(7-10(2)14-9)8-11-4-3-5-12-11/h9-12H,3-8H2,1-2H3/t9-,10+,11?. The van der Waals surface area contributed by atoms with E-state index in [4.69, 9.17) is 4.74 Å². The molecule has 2 aliphatic rings. The summed E-state index contributed by atoms with van der Waals surface area (Å²) in [7, 11) is 0. The number of rotatable bonds is 2. The van der Waals surface area contributed by atoms with E-state index in [-0.39, 0.29) is 0 Å². The minimum atomic E-state index is 0.403. The molecule has 3 atom stereocenters. The van der Waals surface area contributed by atoms with Crippen LogP contribution in [0.4, 0.5) is 0 Å². The highest BCUT2D eigenvalue weighted by atomic mass is 16.5. The van der Waals surface area contributed by atoms with Crippen molar-refractivity contribution < 1.29 is 4.74 Å². The quantitative estimate of drug-likeness (QED) is 0.712. The van der Waals surface area contributed by atoms with E-state index in [9.17, 15) is 0 Å². The molecule has 0 saturated carbocycles. The van der Waals surface area contributed by atoms with Gasteiger partial charge in [-0.1, -0.05) is 0 Å². The molecule has 82 valence electrons. The highest BCUT2D eigenvalue weighted by Gasteiger charge is 2.25. The monoisotopic (exact) mass is 198 g/mol. The van der Waals surface area contributed by atoms with E-state index >= 15 is 0 Å². The summed E-state index contributed by atoms with van der Waals surface area (Å²) in [5, 5.41) is 3.55. The van der Waals surface area contributed by atoms with E-state index in [1.807, 2.05) is 0 Å². The maximum absolute atomic E-state index is 5.72. The van der Waals surface area contributed by atoms with Crippen LogP contribution in [0.15, 0.2) is 0 Å². The summed E-state index contributed by atoms with van der Waals surface area (Å²) >= 11 is 0. The molecule has 0 aromatic carbocycles. The second kappa shape index (κ2) is 4.60. The topological polar surface area (TPSA) is 24.5 Å². The molecule has 0 radical (unpaired) electrons. The van der Waals surface area contributed by atoms with Crippen molar-refractivity contribution in [2.45, 2.75) is 44.9 Å². The summed E-state index contributed by atoms with van der Waals surface area (Å²) in [5.74, 6) is 0. The Bertz CT molecular complexity index is 170. The molecule has 2 aliphatic heterocycles. The average Bonchev–Trinajstić information content (AvgIpc) is 2.54. The van der Waals surface area contributed by atoms with Crippen LogP contribution in [0.1, 0.15) is 26.7 Å². The number of morpholine rings is 1. The van der Waals surface area contributed by atoms with Gasteiger partial charge in [-0.15, -0.1) is 0 Å². The molecule has 0 aromatic rings. The van der Waals surface area contributed by atoms with Crippen molar-refractivity contribution in [2.24, 2.45) is 0 Å². The Morgan fingerprint density at radius 3 is 2.57 bits per heavy atom. The van der Waals surface area contributed by atoms with Crippen molar-refractivity contribution in [1.82, 2.24) is 10.2 Å². The maximum atomic E-state index is 5.72. The summed E-state index contributed by atoms with van der Waals surface area (Å²) in [4.78, 5) is 2.54. The zero-order valence-electron chi connectivity index (χ0n) is 9.33. The molecule has 0 aliphatic carbocycles. The molecule has 14 heavy (non-hydrogen) atoms. The molecular weight excluding hydrogens is 176 g/mol. The van der Waals surface area contributed by atoms with E-state index in [0.717, 1.165) is 19.1 Å². The molecule has 1 N–H and O–H groups in total. The lowest BCUT2D eigenvalue weighted by Gasteiger charge is -2.36. The summed E-state index contributed by atoms with van der Waals surface area (Å²) < 4.78 is 5.72. The van der Waals surface area contributed by atoms with E-state index in [1.165, 1.54) is 25.9 Å². The van der Waals surface area contributed by atoms with Crippen molar-refractivity contribution >= 4 is 0 Å². The van der Waals surface area contributed by atoms with Gasteiger partial charge in [0.25, 0.3) is 0 Å². The summed E-state index contributed by atoms with van der Waals surface area (Å²) in [6, 6.07) is 0.729. The third kappa shape index (κ3) is 2.69. The third-order valence-electron chi connectivity index (χ3n) is 3.14. The molecular formula is C11H22N2O. The van der Waals surface area contributed by atoms with Crippen LogP contribution in [0.3, 0.4) is 0 Å². The van der Waals surface area contributed by atoms with Crippen molar-refractivity contribution in [3.05, 3.63) is 0 Å². The molecule has 2 rings (SSSR count). The van der Waals surface area contributed by atoms with Gasteiger partial charge in [-0.2, -0.15) is 0 Å². The van der Waals surface area contributed by atoms with E-state index in [0.29, 0.717) is 12.2 Å². The van der Waals surface area contributed by atoms with E-state index < -0.39 is 0 Å². The van der Waals surface area contributed by atoms with Gasteiger partial charge in [-0.3, -0.25) is 4.90 Å². The second-order valence-electron chi connectivity index (χ2n) is 4.77. The first-order valence-electron chi connectivity index (χ1n) is 5.85. The highest BCUT2D eigenvalue weighted by Crippen LogP contribution is 2.13. The molecule has 0 spiro atoms. The molecule has 2 fully saturated rings. The van der Waals surface area contributed by atoms with Crippen molar-refractivity contribution in [1.29, 1.82) is 0 Å². The van der Waals surface area contributed by atoms with Gasteiger partial charge in [0.05, 0.1) is 12.2 Å². The first-order chi connectivity index (χ1) is 6.74. The third-order valence-corrected chi connectivity index (χ3v) is 3.14. The minimum absolute atomic E-state index is 0.403. The van der Waals surface area contributed by atoms with Gasteiger partial charge < -0.3 is 10.1 Å². The zero-order chi connectivity index (χ0) is 9.97.